The highest BCUT2D eigenvalue weighted by Crippen LogP contribution is 2.37. The second-order valence-electron chi connectivity index (χ2n) is 7.78. The quantitative estimate of drug-likeness (QED) is 0.138. The third-order valence-electron chi connectivity index (χ3n) is 5.14. The third-order valence-corrected chi connectivity index (χ3v) is 6.63. The first-order chi connectivity index (χ1) is 18.2. The third kappa shape index (κ3) is 7.16. The Labute approximate surface area is 226 Å². The first-order valence-electron chi connectivity index (χ1n) is 11.4. The van der Waals surface area contributed by atoms with Crippen molar-refractivity contribution in [3.05, 3.63) is 95.0 Å². The Morgan fingerprint density at radius 2 is 1.82 bits per heavy atom. The number of hydrogen-bond acceptors (Lipinski definition) is 7. The summed E-state index contributed by atoms with van der Waals surface area (Å²) in [5.74, 6) is 0.118. The predicted octanol–water partition coefficient (Wildman–Crippen LogP) is 5.79. The SMILES string of the molecule is C=CCc1cc(/C=C(\C#N)C(=O)Nc2ccc(OC)cc2)cc(OCC)c1OS(=O)(=O)c1ccc(Cl)cc1. The molecule has 0 aliphatic rings. The average molecular weight is 553 g/mol. The second-order valence-corrected chi connectivity index (χ2v) is 9.76. The average Bonchev–Trinajstić information content (AvgIpc) is 2.90. The van der Waals surface area contributed by atoms with Gasteiger partial charge in [0.05, 0.1) is 13.7 Å². The lowest BCUT2D eigenvalue weighted by Crippen LogP contribution is -2.14. The Balaban J connectivity index is 1.99. The van der Waals surface area contributed by atoms with E-state index in [0.29, 0.717) is 27.6 Å². The minimum Gasteiger partial charge on any atom is -0.497 e. The predicted molar refractivity (Wildman–Crippen MR) is 146 cm³/mol. The fourth-order valence-corrected chi connectivity index (χ4v) is 4.48. The molecule has 1 amide bonds. The summed E-state index contributed by atoms with van der Waals surface area (Å²) in [7, 11) is -2.69. The topological polar surface area (TPSA) is 115 Å². The van der Waals surface area contributed by atoms with Gasteiger partial charge >= 0.3 is 10.1 Å². The summed E-state index contributed by atoms with van der Waals surface area (Å²) in [6, 6.07) is 17.2. The number of carbonyl (C=O) groups is 1. The number of halogens is 1. The Morgan fingerprint density at radius 1 is 1.13 bits per heavy atom. The number of carbonyl (C=O) groups excluding carboxylic acids is 1. The molecule has 38 heavy (non-hydrogen) atoms. The van der Waals surface area contributed by atoms with Gasteiger partial charge in [0.15, 0.2) is 11.5 Å². The van der Waals surface area contributed by atoms with Crippen molar-refractivity contribution in [3.63, 3.8) is 0 Å². The van der Waals surface area contributed by atoms with Gasteiger partial charge in [-0.1, -0.05) is 17.7 Å². The molecule has 0 aliphatic carbocycles. The number of amides is 1. The number of nitrogens with one attached hydrogen (secondary N) is 1. The molecule has 8 nitrogen and oxygen atoms in total. The van der Waals surface area contributed by atoms with Gasteiger partial charge in [-0.3, -0.25) is 4.79 Å². The maximum Gasteiger partial charge on any atom is 0.339 e. The molecule has 0 atom stereocenters. The van der Waals surface area contributed by atoms with E-state index in [4.69, 9.17) is 25.3 Å². The largest absolute Gasteiger partial charge is 0.497 e. The van der Waals surface area contributed by atoms with E-state index in [1.54, 1.807) is 43.3 Å². The van der Waals surface area contributed by atoms with Crippen LogP contribution in [0.1, 0.15) is 18.1 Å². The van der Waals surface area contributed by atoms with Gasteiger partial charge in [-0.25, -0.2) is 0 Å². The molecule has 0 spiro atoms. The lowest BCUT2D eigenvalue weighted by atomic mass is 10.0. The van der Waals surface area contributed by atoms with Gasteiger partial charge in [0.2, 0.25) is 0 Å². The molecule has 0 fully saturated rings. The van der Waals surface area contributed by atoms with Gasteiger partial charge in [0.25, 0.3) is 5.91 Å². The summed E-state index contributed by atoms with van der Waals surface area (Å²) < 4.78 is 42.3. The molecule has 1 N–H and O–H groups in total. The highest BCUT2D eigenvalue weighted by molar-refractivity contribution is 7.87. The monoisotopic (exact) mass is 552 g/mol. The summed E-state index contributed by atoms with van der Waals surface area (Å²) in [6.45, 7) is 5.67. The second kappa shape index (κ2) is 12.8. The van der Waals surface area contributed by atoms with E-state index >= 15 is 0 Å². The van der Waals surface area contributed by atoms with Crippen molar-refractivity contribution in [1.82, 2.24) is 0 Å². The molecule has 3 aromatic rings. The Hall–Kier alpha value is -4.26. The van der Waals surface area contributed by atoms with Crippen LogP contribution in [0.2, 0.25) is 5.02 Å². The van der Waals surface area contributed by atoms with Crippen molar-refractivity contribution in [2.24, 2.45) is 0 Å². The Kier molecular flexibility index (Phi) is 9.55. The van der Waals surface area contributed by atoms with Gasteiger partial charge in [0, 0.05) is 16.3 Å². The molecule has 0 heterocycles. The van der Waals surface area contributed by atoms with Crippen molar-refractivity contribution in [2.45, 2.75) is 18.2 Å². The molecule has 0 unspecified atom stereocenters. The van der Waals surface area contributed by atoms with Gasteiger partial charge in [-0.05, 0) is 85.6 Å². The number of rotatable bonds is 11. The number of allylic oxidation sites excluding steroid dienone is 1. The molecular formula is C28H25ClN2O6S. The van der Waals surface area contributed by atoms with Crippen molar-refractivity contribution in [1.29, 1.82) is 5.26 Å². The van der Waals surface area contributed by atoms with Crippen LogP contribution >= 0.6 is 11.6 Å². The Morgan fingerprint density at radius 3 is 2.39 bits per heavy atom. The highest BCUT2D eigenvalue weighted by atomic mass is 35.5. The van der Waals surface area contributed by atoms with Crippen LogP contribution in [0.3, 0.4) is 0 Å². The first kappa shape index (κ1) is 28.3. The molecule has 0 aromatic heterocycles. The maximum absolute atomic E-state index is 13.0. The summed E-state index contributed by atoms with van der Waals surface area (Å²) >= 11 is 5.88. The smallest absolute Gasteiger partial charge is 0.339 e. The number of benzene rings is 3. The first-order valence-corrected chi connectivity index (χ1v) is 13.2. The molecule has 0 saturated carbocycles. The van der Waals surface area contributed by atoms with Crippen molar-refractivity contribution >= 4 is 39.4 Å². The fourth-order valence-electron chi connectivity index (χ4n) is 3.38. The van der Waals surface area contributed by atoms with Crippen LogP contribution in [0.15, 0.2) is 83.8 Å². The zero-order valence-electron chi connectivity index (χ0n) is 20.7. The fraction of sp³-hybridized carbons (Fsp3) is 0.143. The minimum atomic E-state index is -4.22. The van der Waals surface area contributed by atoms with Crippen molar-refractivity contribution in [3.8, 4) is 23.3 Å². The number of anilines is 1. The van der Waals surface area contributed by atoms with Gasteiger partial charge in [-0.2, -0.15) is 13.7 Å². The number of methoxy groups -OCH3 is 1. The van der Waals surface area contributed by atoms with Crippen molar-refractivity contribution < 1.29 is 26.9 Å². The summed E-state index contributed by atoms with van der Waals surface area (Å²) in [5, 5.41) is 12.7. The minimum absolute atomic E-state index is 0.0138. The summed E-state index contributed by atoms with van der Waals surface area (Å²) in [4.78, 5) is 12.7. The molecule has 196 valence electrons. The van der Waals surface area contributed by atoms with Crippen LogP contribution in [0.5, 0.6) is 17.2 Å². The zero-order valence-corrected chi connectivity index (χ0v) is 22.3. The van der Waals surface area contributed by atoms with E-state index in [1.165, 1.54) is 43.5 Å². The van der Waals surface area contributed by atoms with Crippen LogP contribution in [0.25, 0.3) is 6.08 Å². The van der Waals surface area contributed by atoms with Crippen LogP contribution < -0.4 is 19.0 Å². The lowest BCUT2D eigenvalue weighted by Gasteiger charge is -2.16. The van der Waals surface area contributed by atoms with E-state index < -0.39 is 16.0 Å². The molecule has 0 bridgehead atoms. The summed E-state index contributed by atoms with van der Waals surface area (Å²) in [6.07, 6.45) is 3.18. The molecule has 10 heteroatoms. The standard InChI is InChI=1S/C28H25ClN2O6S/c1-4-6-20-15-19(16-21(18-30)28(32)31-23-9-11-24(35-3)12-10-23)17-26(36-5-2)27(20)37-38(33,34)25-13-7-22(29)8-14-25/h4,7-17H,1,5-6H2,2-3H3,(H,31,32)/b21-16+. The van der Waals surface area contributed by atoms with Gasteiger partial charge < -0.3 is 19.0 Å². The van der Waals surface area contributed by atoms with E-state index in [0.717, 1.165) is 0 Å². The van der Waals surface area contributed by atoms with Crippen LogP contribution in [-0.2, 0) is 21.3 Å². The zero-order chi connectivity index (χ0) is 27.7. The highest BCUT2D eigenvalue weighted by Gasteiger charge is 2.23. The number of hydrogen-bond donors (Lipinski definition) is 1. The lowest BCUT2D eigenvalue weighted by molar-refractivity contribution is -0.112. The molecule has 0 radical (unpaired) electrons. The normalized spacial score (nSPS) is 11.3. The molecule has 3 rings (SSSR count). The van der Waals surface area contributed by atoms with E-state index in [1.807, 2.05) is 6.07 Å². The number of nitrogens with zero attached hydrogens (tertiary/aromatic N) is 1. The Bertz CT molecular complexity index is 1490. The van der Waals surface area contributed by atoms with Crippen LogP contribution in [0.4, 0.5) is 5.69 Å². The molecule has 3 aromatic carbocycles. The number of ether oxygens (including phenoxy) is 2. The molecular weight excluding hydrogens is 528 g/mol. The van der Waals surface area contributed by atoms with Gasteiger partial charge in [0.1, 0.15) is 22.3 Å². The van der Waals surface area contributed by atoms with Crippen LogP contribution in [0, 0.1) is 11.3 Å². The van der Waals surface area contributed by atoms with Crippen molar-refractivity contribution in [2.75, 3.05) is 19.0 Å². The van der Waals surface area contributed by atoms with Crippen LogP contribution in [-0.4, -0.2) is 28.0 Å². The number of nitriles is 1. The maximum atomic E-state index is 13.0. The molecule has 0 aliphatic heterocycles. The molecule has 0 saturated heterocycles. The summed E-state index contributed by atoms with van der Waals surface area (Å²) in [5.41, 5.74) is 1.18. The van der Waals surface area contributed by atoms with E-state index in [2.05, 4.69) is 11.9 Å². The van der Waals surface area contributed by atoms with Gasteiger partial charge in [-0.15, -0.1) is 6.58 Å². The van der Waals surface area contributed by atoms with E-state index in [9.17, 15) is 18.5 Å². The van der Waals surface area contributed by atoms with E-state index in [-0.39, 0.29) is 35.0 Å².